The summed E-state index contributed by atoms with van der Waals surface area (Å²) in [7, 11) is 0. The second-order valence-corrected chi connectivity index (χ2v) is 4.55. The van der Waals surface area contributed by atoms with E-state index in [0.717, 1.165) is 18.1 Å². The number of hydrogen-bond acceptors (Lipinski definition) is 2. The van der Waals surface area contributed by atoms with E-state index in [1.807, 2.05) is 0 Å². The van der Waals surface area contributed by atoms with Crippen LogP contribution in [0, 0.1) is 0 Å². The van der Waals surface area contributed by atoms with Crippen molar-refractivity contribution in [2.45, 2.75) is 63.7 Å². The van der Waals surface area contributed by atoms with Crippen LogP contribution in [0.4, 0.5) is 0 Å². The number of fused-ring (bicyclic) bond motifs is 2. The van der Waals surface area contributed by atoms with Gasteiger partial charge >= 0.3 is 0 Å². The predicted molar refractivity (Wildman–Crippen MR) is 51.2 cm³/mol. The van der Waals surface area contributed by atoms with Gasteiger partial charge < -0.3 is 10.6 Å². The van der Waals surface area contributed by atoms with Crippen molar-refractivity contribution in [1.29, 1.82) is 0 Å². The van der Waals surface area contributed by atoms with Crippen LogP contribution in [0.2, 0.25) is 0 Å². The van der Waals surface area contributed by atoms with Crippen molar-refractivity contribution >= 4 is 0 Å². The maximum atomic E-state index is 3.68. The molecule has 2 aliphatic heterocycles. The Morgan fingerprint density at radius 3 is 2.67 bits per heavy atom. The lowest BCUT2D eigenvalue weighted by Crippen LogP contribution is -2.52. The van der Waals surface area contributed by atoms with E-state index < -0.39 is 0 Å². The van der Waals surface area contributed by atoms with Crippen LogP contribution in [-0.2, 0) is 0 Å². The summed E-state index contributed by atoms with van der Waals surface area (Å²) in [4.78, 5) is 0. The average Bonchev–Trinajstić information content (AvgIpc) is 2.39. The maximum Gasteiger partial charge on any atom is 0.0224 e. The zero-order valence-corrected chi connectivity index (χ0v) is 8.14. The number of piperidine rings is 1. The van der Waals surface area contributed by atoms with E-state index in [1.54, 1.807) is 0 Å². The van der Waals surface area contributed by atoms with E-state index in [-0.39, 0.29) is 0 Å². The maximum absolute atomic E-state index is 3.68. The molecule has 0 radical (unpaired) electrons. The third-order valence-electron chi connectivity index (χ3n) is 3.14. The summed E-state index contributed by atoms with van der Waals surface area (Å²) in [6.45, 7) is 4.47. The van der Waals surface area contributed by atoms with Crippen molar-refractivity contribution in [2.75, 3.05) is 0 Å². The Balaban J connectivity index is 1.89. The fourth-order valence-corrected chi connectivity index (χ4v) is 2.60. The van der Waals surface area contributed by atoms with Gasteiger partial charge in [-0.15, -0.1) is 0 Å². The molecule has 2 nitrogen and oxygen atoms in total. The largest absolute Gasteiger partial charge is 0.310 e. The van der Waals surface area contributed by atoms with Crippen LogP contribution in [0.15, 0.2) is 0 Å². The van der Waals surface area contributed by atoms with E-state index in [4.69, 9.17) is 0 Å². The molecule has 0 spiro atoms. The van der Waals surface area contributed by atoms with E-state index in [2.05, 4.69) is 24.5 Å². The molecular weight excluding hydrogens is 148 g/mol. The second kappa shape index (κ2) is 3.35. The first kappa shape index (κ1) is 8.52. The molecule has 2 saturated heterocycles. The van der Waals surface area contributed by atoms with Crippen LogP contribution in [0.25, 0.3) is 0 Å². The third-order valence-corrected chi connectivity index (χ3v) is 3.14. The summed E-state index contributed by atoms with van der Waals surface area (Å²) in [5, 5.41) is 7.33. The Labute approximate surface area is 75.1 Å². The zero-order chi connectivity index (χ0) is 8.55. The quantitative estimate of drug-likeness (QED) is 0.649. The number of nitrogens with one attached hydrogen (secondary N) is 2. The molecule has 2 bridgehead atoms. The SMILES string of the molecule is CC(C)N[C@@H]1CC[C@H]2CC[C@@H]1N2. The summed E-state index contributed by atoms with van der Waals surface area (Å²) < 4.78 is 0. The molecule has 0 amide bonds. The standard InChI is InChI=1S/C10H20N2/c1-7(2)11-9-5-3-8-4-6-10(9)12-8/h7-12H,3-6H2,1-2H3/t8-,9+,10-/m0/s1. The first-order valence-corrected chi connectivity index (χ1v) is 5.28. The van der Waals surface area contributed by atoms with Gasteiger partial charge in [0.25, 0.3) is 0 Å². The normalized spacial score (nSPS) is 40.8. The first-order chi connectivity index (χ1) is 5.75. The van der Waals surface area contributed by atoms with Crippen LogP contribution in [0.3, 0.4) is 0 Å². The van der Waals surface area contributed by atoms with E-state index in [1.165, 1.54) is 25.7 Å². The topological polar surface area (TPSA) is 24.1 Å². The molecule has 0 aromatic heterocycles. The van der Waals surface area contributed by atoms with Gasteiger partial charge in [-0.05, 0) is 25.7 Å². The summed E-state index contributed by atoms with van der Waals surface area (Å²) in [5.74, 6) is 0. The van der Waals surface area contributed by atoms with Crippen molar-refractivity contribution in [1.82, 2.24) is 10.6 Å². The van der Waals surface area contributed by atoms with Crippen molar-refractivity contribution < 1.29 is 0 Å². The van der Waals surface area contributed by atoms with Crippen LogP contribution < -0.4 is 10.6 Å². The number of rotatable bonds is 2. The molecule has 2 fully saturated rings. The zero-order valence-electron chi connectivity index (χ0n) is 8.14. The van der Waals surface area contributed by atoms with Gasteiger partial charge in [0.05, 0.1) is 0 Å². The van der Waals surface area contributed by atoms with Gasteiger partial charge in [-0.25, -0.2) is 0 Å². The van der Waals surface area contributed by atoms with Gasteiger partial charge in [0, 0.05) is 24.2 Å². The molecule has 2 N–H and O–H groups in total. The van der Waals surface area contributed by atoms with Crippen LogP contribution in [0.5, 0.6) is 0 Å². The lowest BCUT2D eigenvalue weighted by molar-refractivity contribution is 0.295. The van der Waals surface area contributed by atoms with Crippen molar-refractivity contribution in [2.24, 2.45) is 0 Å². The molecule has 0 aromatic carbocycles. The molecular formula is C10H20N2. The molecule has 2 aliphatic rings. The van der Waals surface area contributed by atoms with Gasteiger partial charge in [-0.2, -0.15) is 0 Å². The third kappa shape index (κ3) is 1.64. The molecule has 12 heavy (non-hydrogen) atoms. The van der Waals surface area contributed by atoms with Gasteiger partial charge in [-0.3, -0.25) is 0 Å². The van der Waals surface area contributed by atoms with E-state index >= 15 is 0 Å². The molecule has 0 saturated carbocycles. The number of hydrogen-bond donors (Lipinski definition) is 2. The first-order valence-electron chi connectivity index (χ1n) is 5.28. The predicted octanol–water partition coefficient (Wildman–Crippen LogP) is 1.27. The summed E-state index contributed by atoms with van der Waals surface area (Å²) in [6.07, 6.45) is 5.54. The Bertz CT molecular complexity index is 156. The van der Waals surface area contributed by atoms with Gasteiger partial charge in [0.2, 0.25) is 0 Å². The fraction of sp³-hybridized carbons (Fsp3) is 1.00. The van der Waals surface area contributed by atoms with Crippen LogP contribution in [-0.4, -0.2) is 24.2 Å². The summed E-state index contributed by atoms with van der Waals surface area (Å²) in [5.41, 5.74) is 0. The van der Waals surface area contributed by atoms with Crippen molar-refractivity contribution in [3.05, 3.63) is 0 Å². The van der Waals surface area contributed by atoms with Crippen LogP contribution >= 0.6 is 0 Å². The highest BCUT2D eigenvalue weighted by atomic mass is 15.1. The molecule has 0 unspecified atom stereocenters. The Kier molecular flexibility index (Phi) is 2.37. The van der Waals surface area contributed by atoms with Crippen LogP contribution in [0.1, 0.15) is 39.5 Å². The van der Waals surface area contributed by atoms with Gasteiger partial charge in [-0.1, -0.05) is 13.8 Å². The minimum Gasteiger partial charge on any atom is -0.310 e. The molecule has 0 aliphatic carbocycles. The molecule has 70 valence electrons. The average molecular weight is 168 g/mol. The Hall–Kier alpha value is -0.0800. The van der Waals surface area contributed by atoms with Gasteiger partial charge in [0.15, 0.2) is 0 Å². The van der Waals surface area contributed by atoms with Crippen molar-refractivity contribution in [3.63, 3.8) is 0 Å². The summed E-state index contributed by atoms with van der Waals surface area (Å²) in [6, 6.07) is 2.99. The molecule has 3 atom stereocenters. The summed E-state index contributed by atoms with van der Waals surface area (Å²) >= 11 is 0. The highest BCUT2D eigenvalue weighted by Crippen LogP contribution is 2.26. The molecule has 2 rings (SSSR count). The Morgan fingerprint density at radius 1 is 1.17 bits per heavy atom. The highest BCUT2D eigenvalue weighted by Gasteiger charge is 2.34. The molecule has 2 heterocycles. The van der Waals surface area contributed by atoms with Crippen molar-refractivity contribution in [3.8, 4) is 0 Å². The van der Waals surface area contributed by atoms with Gasteiger partial charge in [0.1, 0.15) is 0 Å². The molecule has 2 heteroatoms. The lowest BCUT2D eigenvalue weighted by Gasteiger charge is -2.32. The fourth-order valence-electron chi connectivity index (χ4n) is 2.60. The lowest BCUT2D eigenvalue weighted by atomic mass is 9.99. The minimum atomic E-state index is 0.633. The monoisotopic (exact) mass is 168 g/mol. The second-order valence-electron chi connectivity index (χ2n) is 4.55. The van der Waals surface area contributed by atoms with E-state index in [9.17, 15) is 0 Å². The minimum absolute atomic E-state index is 0.633. The van der Waals surface area contributed by atoms with E-state index in [0.29, 0.717) is 6.04 Å². The molecule has 0 aromatic rings. The Morgan fingerprint density at radius 2 is 1.92 bits per heavy atom. The smallest absolute Gasteiger partial charge is 0.0224 e. The highest BCUT2D eigenvalue weighted by molar-refractivity contribution is 4.97.